The van der Waals surface area contributed by atoms with Crippen LogP contribution in [0.1, 0.15) is 18.3 Å². The van der Waals surface area contributed by atoms with Crippen molar-refractivity contribution in [1.29, 1.82) is 0 Å². The van der Waals surface area contributed by atoms with E-state index in [2.05, 4.69) is 19.9 Å². The average molecular weight is 322 g/mol. The Balaban J connectivity index is 1.83. The van der Waals surface area contributed by atoms with E-state index in [4.69, 9.17) is 5.73 Å². The van der Waals surface area contributed by atoms with Gasteiger partial charge >= 0.3 is 0 Å². The number of imidazole rings is 1. The minimum Gasteiger partial charge on any atom is -0.381 e. The molecule has 2 aromatic heterocycles. The second-order valence-electron chi connectivity index (χ2n) is 5.97. The van der Waals surface area contributed by atoms with Gasteiger partial charge in [0.1, 0.15) is 17.7 Å². The largest absolute Gasteiger partial charge is 0.381 e. The molecule has 4 rings (SSSR count). The fraction of sp³-hybridized carbons (Fsp3) is 0.176. The van der Waals surface area contributed by atoms with Gasteiger partial charge in [0.15, 0.2) is 11.7 Å². The minimum absolute atomic E-state index is 0.307. The summed E-state index contributed by atoms with van der Waals surface area (Å²) >= 11 is 0. The number of aliphatic imine (C=N–C) groups is 1. The fourth-order valence-corrected chi connectivity index (χ4v) is 3.06. The molecule has 0 fully saturated rings. The number of amidine groups is 1. The van der Waals surface area contributed by atoms with Crippen LogP contribution in [-0.4, -0.2) is 25.4 Å². The van der Waals surface area contributed by atoms with Crippen molar-refractivity contribution >= 4 is 5.84 Å². The van der Waals surface area contributed by atoms with Gasteiger partial charge in [-0.15, -0.1) is 0 Å². The fourth-order valence-electron chi connectivity index (χ4n) is 3.06. The van der Waals surface area contributed by atoms with Gasteiger partial charge < -0.3 is 10.3 Å². The number of rotatable bonds is 2. The molecule has 1 aliphatic heterocycles. The number of hydrogen-bond acceptors (Lipinski definition) is 5. The molecule has 6 nitrogen and oxygen atoms in total. The van der Waals surface area contributed by atoms with Crippen LogP contribution in [0.4, 0.5) is 4.39 Å². The number of hydrogen-bond donors (Lipinski definition) is 1. The lowest BCUT2D eigenvalue weighted by atomic mass is 9.88. The number of nitrogens with zero attached hydrogens (tertiary/aromatic N) is 5. The monoisotopic (exact) mass is 322 g/mol. The van der Waals surface area contributed by atoms with Gasteiger partial charge in [0, 0.05) is 35.9 Å². The smallest absolute Gasteiger partial charge is 0.175 e. The van der Waals surface area contributed by atoms with Crippen LogP contribution in [0.5, 0.6) is 0 Å². The molecular weight excluding hydrogens is 307 g/mol. The van der Waals surface area contributed by atoms with E-state index in [9.17, 15) is 4.39 Å². The molecule has 0 saturated carbocycles. The maximum atomic E-state index is 14.6. The van der Waals surface area contributed by atoms with Crippen molar-refractivity contribution in [3.05, 3.63) is 66.5 Å². The average Bonchev–Trinajstić information content (AvgIpc) is 3.04. The highest BCUT2D eigenvalue weighted by molar-refractivity contribution is 5.95. The predicted octanol–water partition coefficient (Wildman–Crippen LogP) is 2.11. The van der Waals surface area contributed by atoms with Crippen LogP contribution in [0.3, 0.4) is 0 Å². The summed E-state index contributed by atoms with van der Waals surface area (Å²) < 4.78 is 16.5. The summed E-state index contributed by atoms with van der Waals surface area (Å²) in [6.07, 6.45) is 8.33. The molecule has 7 heteroatoms. The first-order chi connectivity index (χ1) is 11.6. The van der Waals surface area contributed by atoms with Gasteiger partial charge in [-0.05, 0) is 24.6 Å². The van der Waals surface area contributed by atoms with Gasteiger partial charge in [0.05, 0.1) is 6.54 Å². The highest BCUT2D eigenvalue weighted by Gasteiger charge is 2.35. The van der Waals surface area contributed by atoms with Crippen LogP contribution in [0.2, 0.25) is 0 Å². The first kappa shape index (κ1) is 14.5. The van der Waals surface area contributed by atoms with Crippen LogP contribution >= 0.6 is 0 Å². The quantitative estimate of drug-likeness (QED) is 0.783. The van der Waals surface area contributed by atoms with E-state index in [-0.39, 0.29) is 5.82 Å². The Morgan fingerprint density at radius 2 is 2.00 bits per heavy atom. The third-order valence-corrected chi connectivity index (χ3v) is 4.23. The third-order valence-electron chi connectivity index (χ3n) is 4.23. The summed E-state index contributed by atoms with van der Waals surface area (Å²) in [4.78, 5) is 16.7. The van der Waals surface area contributed by atoms with Crippen molar-refractivity contribution in [2.75, 3.05) is 0 Å². The van der Waals surface area contributed by atoms with Crippen molar-refractivity contribution in [3.8, 4) is 11.1 Å². The van der Waals surface area contributed by atoms with Crippen molar-refractivity contribution in [1.82, 2.24) is 19.5 Å². The number of fused-ring (bicyclic) bond motifs is 1. The zero-order valence-electron chi connectivity index (χ0n) is 13.0. The lowest BCUT2D eigenvalue weighted by molar-refractivity contribution is 0.383. The van der Waals surface area contributed by atoms with Gasteiger partial charge in [-0.1, -0.05) is 6.07 Å². The minimum atomic E-state index is -0.812. The molecule has 0 radical (unpaired) electrons. The Kier molecular flexibility index (Phi) is 3.16. The van der Waals surface area contributed by atoms with Crippen LogP contribution in [0.15, 0.2) is 54.3 Å². The zero-order valence-corrected chi connectivity index (χ0v) is 13.0. The summed E-state index contributed by atoms with van der Waals surface area (Å²) in [5, 5.41) is 0. The Hall–Kier alpha value is -3.09. The van der Waals surface area contributed by atoms with E-state index in [1.54, 1.807) is 30.7 Å². The molecule has 1 aromatic carbocycles. The molecule has 2 N–H and O–H groups in total. The molecular formula is C17H15FN6. The van der Waals surface area contributed by atoms with Gasteiger partial charge in [-0.25, -0.2) is 19.3 Å². The Bertz CT molecular complexity index is 933. The summed E-state index contributed by atoms with van der Waals surface area (Å²) in [6, 6.07) is 4.93. The zero-order chi connectivity index (χ0) is 16.7. The second kappa shape index (κ2) is 5.23. The maximum Gasteiger partial charge on any atom is 0.175 e. The van der Waals surface area contributed by atoms with Gasteiger partial charge in [-0.2, -0.15) is 0 Å². The number of nitrogens with two attached hydrogens (primary N) is 1. The normalized spacial score (nSPS) is 19.7. The van der Waals surface area contributed by atoms with Crippen molar-refractivity contribution in [3.63, 3.8) is 0 Å². The first-order valence-electron chi connectivity index (χ1n) is 7.49. The lowest BCUT2D eigenvalue weighted by Crippen LogP contribution is -2.37. The van der Waals surface area contributed by atoms with Gasteiger partial charge in [0.2, 0.25) is 0 Å². The topological polar surface area (TPSA) is 82.0 Å². The van der Waals surface area contributed by atoms with Crippen molar-refractivity contribution in [2.24, 2.45) is 10.7 Å². The molecule has 0 unspecified atom stereocenters. The molecule has 0 bridgehead atoms. The molecule has 24 heavy (non-hydrogen) atoms. The lowest BCUT2D eigenvalue weighted by Gasteiger charge is -2.31. The van der Waals surface area contributed by atoms with E-state index in [0.717, 1.165) is 11.1 Å². The van der Waals surface area contributed by atoms with Crippen LogP contribution < -0.4 is 5.73 Å². The van der Waals surface area contributed by atoms with Crippen LogP contribution in [-0.2, 0) is 12.1 Å². The van der Waals surface area contributed by atoms with E-state index < -0.39 is 5.54 Å². The SMILES string of the molecule is C[C@@]1(c2cc(-c3cncnc3)ccc2F)Cn2ccnc2C(N)=N1. The summed E-state index contributed by atoms with van der Waals surface area (Å²) in [6.45, 7) is 2.33. The molecule has 0 amide bonds. The van der Waals surface area contributed by atoms with E-state index >= 15 is 0 Å². The number of halogens is 1. The highest BCUT2D eigenvalue weighted by Crippen LogP contribution is 2.35. The molecule has 120 valence electrons. The van der Waals surface area contributed by atoms with Gasteiger partial charge in [-0.3, -0.25) is 4.99 Å². The van der Waals surface area contributed by atoms with E-state index in [0.29, 0.717) is 23.8 Å². The number of aromatic nitrogens is 4. The first-order valence-corrected chi connectivity index (χ1v) is 7.49. The Morgan fingerprint density at radius 1 is 1.21 bits per heavy atom. The summed E-state index contributed by atoms with van der Waals surface area (Å²) in [5.41, 5.74) is 7.34. The summed E-state index contributed by atoms with van der Waals surface area (Å²) in [5.74, 6) is 0.598. The highest BCUT2D eigenvalue weighted by atomic mass is 19.1. The van der Waals surface area contributed by atoms with E-state index in [1.165, 1.54) is 12.4 Å². The van der Waals surface area contributed by atoms with Crippen molar-refractivity contribution < 1.29 is 4.39 Å². The molecule has 1 atom stereocenters. The molecule has 3 aromatic rings. The second-order valence-corrected chi connectivity index (χ2v) is 5.97. The van der Waals surface area contributed by atoms with Gasteiger partial charge in [0.25, 0.3) is 0 Å². The molecule has 0 aliphatic carbocycles. The maximum absolute atomic E-state index is 14.6. The van der Waals surface area contributed by atoms with E-state index in [1.807, 2.05) is 17.7 Å². The molecule has 0 saturated heterocycles. The molecule has 1 aliphatic rings. The van der Waals surface area contributed by atoms with Crippen LogP contribution in [0, 0.1) is 5.82 Å². The summed E-state index contributed by atoms with van der Waals surface area (Å²) in [7, 11) is 0. The Labute approximate surface area is 137 Å². The van der Waals surface area contributed by atoms with Crippen molar-refractivity contribution in [2.45, 2.75) is 19.0 Å². The Morgan fingerprint density at radius 3 is 2.79 bits per heavy atom. The standard InChI is InChI=1S/C17H15FN6/c1-17(9-24-5-4-22-16(24)15(19)23-17)13-6-11(2-3-14(13)18)12-7-20-10-21-8-12/h2-8,10H,9H2,1H3,(H2,19,23)/t17-/m0/s1. The number of benzene rings is 1. The van der Waals surface area contributed by atoms with Crippen LogP contribution in [0.25, 0.3) is 11.1 Å². The third kappa shape index (κ3) is 2.25. The predicted molar refractivity (Wildman–Crippen MR) is 87.7 cm³/mol. The molecule has 3 heterocycles. The molecule has 0 spiro atoms.